The van der Waals surface area contributed by atoms with Crippen molar-refractivity contribution < 1.29 is 0 Å². The first-order chi connectivity index (χ1) is 8.70. The summed E-state index contributed by atoms with van der Waals surface area (Å²) in [5.74, 6) is 0. The van der Waals surface area contributed by atoms with Gasteiger partial charge in [0.25, 0.3) is 0 Å². The maximum atomic E-state index is 9.29. The van der Waals surface area contributed by atoms with Crippen LogP contribution in [0.1, 0.15) is 17.2 Å². The van der Waals surface area contributed by atoms with Crippen LogP contribution in [0.2, 0.25) is 0 Å². The first-order valence-corrected chi connectivity index (χ1v) is 6.47. The number of rotatable bonds is 3. The molecule has 0 aliphatic carbocycles. The number of aryl methyl sites for hydroxylation is 1. The molecule has 1 N–H and O–H groups in total. The molecule has 0 aliphatic heterocycles. The lowest BCUT2D eigenvalue weighted by Gasteiger charge is -2.14. The summed E-state index contributed by atoms with van der Waals surface area (Å²) in [4.78, 5) is 0. The molecule has 0 amide bonds. The van der Waals surface area contributed by atoms with E-state index in [1.807, 2.05) is 55.5 Å². The molecule has 0 aliphatic rings. The molecule has 2 rings (SSSR count). The van der Waals surface area contributed by atoms with Crippen LogP contribution in [0.15, 0.2) is 53.0 Å². The Balaban J connectivity index is 2.23. The van der Waals surface area contributed by atoms with Crippen LogP contribution in [0.5, 0.6) is 0 Å². The highest BCUT2D eigenvalue weighted by Crippen LogP contribution is 2.26. The lowest BCUT2D eigenvalue weighted by molar-refractivity contribution is 0.989. The monoisotopic (exact) mass is 300 g/mol. The molecule has 2 nitrogen and oxygen atoms in total. The zero-order valence-electron chi connectivity index (χ0n) is 10.0. The van der Waals surface area contributed by atoms with Crippen LogP contribution >= 0.6 is 15.9 Å². The van der Waals surface area contributed by atoms with Gasteiger partial charge in [0.1, 0.15) is 6.04 Å². The third kappa shape index (κ3) is 2.91. The fourth-order valence-corrected chi connectivity index (χ4v) is 2.22. The Kier molecular flexibility index (Phi) is 4.01. The third-order valence-corrected chi connectivity index (χ3v) is 3.43. The van der Waals surface area contributed by atoms with Gasteiger partial charge in [-0.25, -0.2) is 0 Å². The molecule has 0 saturated heterocycles. The van der Waals surface area contributed by atoms with E-state index in [0.717, 1.165) is 15.7 Å². The normalized spacial score (nSPS) is 11.6. The van der Waals surface area contributed by atoms with Gasteiger partial charge in [0, 0.05) is 15.7 Å². The maximum absolute atomic E-state index is 9.29. The number of hydrogen-bond donors (Lipinski definition) is 1. The van der Waals surface area contributed by atoms with Crippen molar-refractivity contribution in [3.63, 3.8) is 0 Å². The number of nitrogens with one attached hydrogen (secondary N) is 1. The predicted octanol–water partition coefficient (Wildman–Crippen LogP) is 4.43. The Morgan fingerprint density at radius 2 is 1.78 bits per heavy atom. The highest BCUT2D eigenvalue weighted by atomic mass is 79.9. The molecular weight excluding hydrogens is 288 g/mol. The second kappa shape index (κ2) is 5.70. The van der Waals surface area contributed by atoms with Gasteiger partial charge in [-0.05, 0) is 25.1 Å². The standard InChI is InChI=1S/C15H13BrN2/c1-11-6-8-12(9-7-11)18-15(10-17)13-4-2-3-5-14(13)16/h2-9,15,18H,1H3. The summed E-state index contributed by atoms with van der Waals surface area (Å²) >= 11 is 3.47. The molecule has 2 aromatic carbocycles. The van der Waals surface area contributed by atoms with Crippen molar-refractivity contribution in [3.05, 3.63) is 64.1 Å². The van der Waals surface area contributed by atoms with E-state index < -0.39 is 0 Å². The van der Waals surface area contributed by atoms with Crippen LogP contribution in [0.25, 0.3) is 0 Å². The number of nitriles is 1. The quantitative estimate of drug-likeness (QED) is 0.910. The van der Waals surface area contributed by atoms with Gasteiger partial charge in [0.05, 0.1) is 6.07 Å². The molecule has 3 heteroatoms. The minimum absolute atomic E-state index is 0.358. The molecule has 0 aromatic heterocycles. The zero-order chi connectivity index (χ0) is 13.0. The van der Waals surface area contributed by atoms with Crippen LogP contribution < -0.4 is 5.32 Å². The first kappa shape index (κ1) is 12.7. The van der Waals surface area contributed by atoms with Gasteiger partial charge in [0.2, 0.25) is 0 Å². The average molecular weight is 301 g/mol. The smallest absolute Gasteiger partial charge is 0.141 e. The molecule has 0 spiro atoms. The van der Waals surface area contributed by atoms with Crippen molar-refractivity contribution in [3.8, 4) is 6.07 Å². The van der Waals surface area contributed by atoms with Gasteiger partial charge in [-0.2, -0.15) is 5.26 Å². The molecule has 90 valence electrons. The number of nitrogens with zero attached hydrogens (tertiary/aromatic N) is 1. The summed E-state index contributed by atoms with van der Waals surface area (Å²) in [6, 6.07) is 17.7. The van der Waals surface area contributed by atoms with Crippen LogP contribution in [0, 0.1) is 18.3 Å². The lowest BCUT2D eigenvalue weighted by atomic mass is 10.1. The van der Waals surface area contributed by atoms with Gasteiger partial charge in [-0.1, -0.05) is 51.8 Å². The summed E-state index contributed by atoms with van der Waals surface area (Å²) in [7, 11) is 0. The van der Waals surface area contributed by atoms with Gasteiger partial charge in [-0.15, -0.1) is 0 Å². The van der Waals surface area contributed by atoms with Crippen molar-refractivity contribution in [1.29, 1.82) is 5.26 Å². The van der Waals surface area contributed by atoms with Crippen molar-refractivity contribution in [2.75, 3.05) is 5.32 Å². The second-order valence-corrected chi connectivity index (χ2v) is 4.95. The highest BCUT2D eigenvalue weighted by Gasteiger charge is 2.12. The predicted molar refractivity (Wildman–Crippen MR) is 77.3 cm³/mol. The molecular formula is C15H13BrN2. The van der Waals surface area contributed by atoms with Gasteiger partial charge >= 0.3 is 0 Å². The molecule has 2 aromatic rings. The molecule has 0 bridgehead atoms. The van der Waals surface area contributed by atoms with Crippen molar-refractivity contribution in [2.24, 2.45) is 0 Å². The van der Waals surface area contributed by atoms with E-state index in [1.54, 1.807) is 0 Å². The maximum Gasteiger partial charge on any atom is 0.141 e. The van der Waals surface area contributed by atoms with E-state index in [9.17, 15) is 5.26 Å². The lowest BCUT2D eigenvalue weighted by Crippen LogP contribution is -2.08. The number of halogens is 1. The molecule has 0 heterocycles. The van der Waals surface area contributed by atoms with E-state index in [0.29, 0.717) is 0 Å². The van der Waals surface area contributed by atoms with E-state index in [4.69, 9.17) is 0 Å². The van der Waals surface area contributed by atoms with E-state index in [-0.39, 0.29) is 6.04 Å². The molecule has 1 atom stereocenters. The van der Waals surface area contributed by atoms with Crippen LogP contribution in [0.4, 0.5) is 5.69 Å². The topological polar surface area (TPSA) is 35.8 Å². The summed E-state index contributed by atoms with van der Waals surface area (Å²) in [6.07, 6.45) is 0. The Hall–Kier alpha value is -1.79. The fraction of sp³-hybridized carbons (Fsp3) is 0.133. The first-order valence-electron chi connectivity index (χ1n) is 5.68. The molecule has 0 saturated carbocycles. The molecule has 1 unspecified atom stereocenters. The van der Waals surface area contributed by atoms with Crippen LogP contribution in [-0.2, 0) is 0 Å². The van der Waals surface area contributed by atoms with Crippen LogP contribution in [0.3, 0.4) is 0 Å². The average Bonchev–Trinajstić information content (AvgIpc) is 2.39. The van der Waals surface area contributed by atoms with Gasteiger partial charge < -0.3 is 5.32 Å². The number of benzene rings is 2. The Morgan fingerprint density at radius 3 is 2.39 bits per heavy atom. The summed E-state index contributed by atoms with van der Waals surface area (Å²) in [5.41, 5.74) is 3.10. The van der Waals surface area contributed by atoms with Gasteiger partial charge in [-0.3, -0.25) is 0 Å². The van der Waals surface area contributed by atoms with Crippen molar-refractivity contribution in [2.45, 2.75) is 13.0 Å². The minimum atomic E-state index is -0.358. The number of anilines is 1. The Labute approximate surface area is 115 Å². The van der Waals surface area contributed by atoms with E-state index >= 15 is 0 Å². The molecule has 18 heavy (non-hydrogen) atoms. The summed E-state index contributed by atoms with van der Waals surface area (Å²) in [5, 5.41) is 12.5. The van der Waals surface area contributed by atoms with Crippen LogP contribution in [-0.4, -0.2) is 0 Å². The minimum Gasteiger partial charge on any atom is -0.366 e. The molecule has 0 fully saturated rings. The van der Waals surface area contributed by atoms with E-state index in [2.05, 4.69) is 27.3 Å². The zero-order valence-corrected chi connectivity index (χ0v) is 11.6. The fourth-order valence-electron chi connectivity index (χ4n) is 1.71. The molecule has 0 radical (unpaired) electrons. The third-order valence-electron chi connectivity index (χ3n) is 2.71. The van der Waals surface area contributed by atoms with E-state index in [1.165, 1.54) is 5.56 Å². The van der Waals surface area contributed by atoms with Crippen molar-refractivity contribution >= 4 is 21.6 Å². The Bertz CT molecular complexity index is 570. The van der Waals surface area contributed by atoms with Gasteiger partial charge in [0.15, 0.2) is 0 Å². The summed E-state index contributed by atoms with van der Waals surface area (Å²) < 4.78 is 0.941. The largest absolute Gasteiger partial charge is 0.366 e. The number of hydrogen-bond acceptors (Lipinski definition) is 2. The SMILES string of the molecule is Cc1ccc(NC(C#N)c2ccccc2Br)cc1. The second-order valence-electron chi connectivity index (χ2n) is 4.09. The van der Waals surface area contributed by atoms with Crippen molar-refractivity contribution in [1.82, 2.24) is 0 Å². The Morgan fingerprint density at radius 1 is 1.11 bits per heavy atom. The highest BCUT2D eigenvalue weighted by molar-refractivity contribution is 9.10. The summed E-state index contributed by atoms with van der Waals surface area (Å²) in [6.45, 7) is 2.04.